The van der Waals surface area contributed by atoms with E-state index in [4.69, 9.17) is 10.7 Å². The molecular formula is C11H16ClN3O3S. The van der Waals surface area contributed by atoms with Gasteiger partial charge in [-0.05, 0) is 19.8 Å². The lowest BCUT2D eigenvalue weighted by molar-refractivity contribution is -0.124. The van der Waals surface area contributed by atoms with E-state index in [-0.39, 0.29) is 17.0 Å². The number of imidazole rings is 1. The Morgan fingerprint density at radius 2 is 2.26 bits per heavy atom. The van der Waals surface area contributed by atoms with Crippen LogP contribution < -0.4 is 5.32 Å². The van der Waals surface area contributed by atoms with Crippen LogP contribution in [0.15, 0.2) is 11.2 Å². The summed E-state index contributed by atoms with van der Waals surface area (Å²) in [5.74, 6) is 0.394. The topological polar surface area (TPSA) is 81.1 Å². The van der Waals surface area contributed by atoms with Crippen molar-refractivity contribution in [1.29, 1.82) is 0 Å². The molecule has 1 aliphatic carbocycles. The Labute approximate surface area is 116 Å². The van der Waals surface area contributed by atoms with Crippen LogP contribution in [0.1, 0.15) is 38.6 Å². The molecule has 0 radical (unpaired) electrons. The lowest BCUT2D eigenvalue weighted by atomic mass is 10.3. The minimum atomic E-state index is -3.88. The largest absolute Gasteiger partial charge is 0.352 e. The molecule has 0 aliphatic heterocycles. The van der Waals surface area contributed by atoms with Crippen molar-refractivity contribution in [3.05, 3.63) is 12.0 Å². The first-order valence-electron chi connectivity index (χ1n) is 6.15. The van der Waals surface area contributed by atoms with Gasteiger partial charge in [-0.3, -0.25) is 4.79 Å². The molecule has 1 saturated carbocycles. The quantitative estimate of drug-likeness (QED) is 0.829. The van der Waals surface area contributed by atoms with Gasteiger partial charge in [-0.2, -0.15) is 0 Å². The van der Waals surface area contributed by atoms with Gasteiger partial charge in [-0.15, -0.1) is 0 Å². The van der Waals surface area contributed by atoms with Gasteiger partial charge in [0.15, 0.2) is 5.03 Å². The third-order valence-electron chi connectivity index (χ3n) is 3.07. The van der Waals surface area contributed by atoms with Crippen molar-refractivity contribution in [2.75, 3.05) is 0 Å². The maximum Gasteiger partial charge on any atom is 0.280 e. The average Bonchev–Trinajstić information content (AvgIpc) is 3.02. The van der Waals surface area contributed by atoms with Crippen molar-refractivity contribution in [2.45, 2.75) is 50.2 Å². The molecular weight excluding hydrogens is 290 g/mol. The number of halogens is 1. The number of carbonyl (C=O) groups is 1. The van der Waals surface area contributed by atoms with Crippen LogP contribution in [0, 0.1) is 0 Å². The predicted molar refractivity (Wildman–Crippen MR) is 70.5 cm³/mol. The third kappa shape index (κ3) is 3.27. The molecule has 0 bridgehead atoms. The molecule has 1 atom stereocenters. The SMILES string of the molecule is CCc1nc(S(=O)(=O)Cl)cn1C(C)C(=O)NC1CC1. The molecule has 0 saturated heterocycles. The molecule has 1 fully saturated rings. The van der Waals surface area contributed by atoms with Gasteiger partial charge in [0, 0.05) is 29.3 Å². The Kier molecular flexibility index (Phi) is 3.87. The molecule has 2 rings (SSSR count). The summed E-state index contributed by atoms with van der Waals surface area (Å²) in [5, 5.41) is 2.67. The molecule has 1 amide bonds. The Bertz CT molecular complexity index is 592. The summed E-state index contributed by atoms with van der Waals surface area (Å²) in [6.45, 7) is 3.55. The summed E-state index contributed by atoms with van der Waals surface area (Å²) in [5.41, 5.74) is 0. The highest BCUT2D eigenvalue weighted by Crippen LogP contribution is 2.22. The van der Waals surface area contributed by atoms with Gasteiger partial charge >= 0.3 is 0 Å². The fourth-order valence-corrected chi connectivity index (χ4v) is 2.47. The van der Waals surface area contributed by atoms with Crippen LogP contribution in [0.5, 0.6) is 0 Å². The van der Waals surface area contributed by atoms with E-state index in [0.717, 1.165) is 12.8 Å². The number of nitrogens with one attached hydrogen (secondary N) is 1. The summed E-state index contributed by atoms with van der Waals surface area (Å²) >= 11 is 0. The molecule has 19 heavy (non-hydrogen) atoms. The van der Waals surface area contributed by atoms with Gasteiger partial charge in [0.2, 0.25) is 5.91 Å². The number of hydrogen-bond acceptors (Lipinski definition) is 4. The van der Waals surface area contributed by atoms with Crippen molar-refractivity contribution in [1.82, 2.24) is 14.9 Å². The second kappa shape index (κ2) is 5.13. The van der Waals surface area contributed by atoms with Crippen LogP contribution in [0.2, 0.25) is 0 Å². The summed E-state index contributed by atoms with van der Waals surface area (Å²) in [4.78, 5) is 15.9. The van der Waals surface area contributed by atoms with Crippen LogP contribution in [-0.4, -0.2) is 29.9 Å². The van der Waals surface area contributed by atoms with Gasteiger partial charge < -0.3 is 9.88 Å². The van der Waals surface area contributed by atoms with Gasteiger partial charge in [0.25, 0.3) is 9.05 Å². The summed E-state index contributed by atoms with van der Waals surface area (Å²) in [7, 11) is 1.40. The highest BCUT2D eigenvalue weighted by molar-refractivity contribution is 8.13. The van der Waals surface area contributed by atoms with Crippen molar-refractivity contribution < 1.29 is 13.2 Å². The highest BCUT2D eigenvalue weighted by Gasteiger charge is 2.28. The van der Waals surface area contributed by atoms with Gasteiger partial charge in [0.05, 0.1) is 0 Å². The fourth-order valence-electron chi connectivity index (χ4n) is 1.80. The van der Waals surface area contributed by atoms with E-state index in [1.54, 1.807) is 11.5 Å². The van der Waals surface area contributed by atoms with E-state index >= 15 is 0 Å². The number of rotatable bonds is 5. The predicted octanol–water partition coefficient (Wildman–Crippen LogP) is 1.21. The first kappa shape index (κ1) is 14.3. The van der Waals surface area contributed by atoms with Crippen molar-refractivity contribution in [3.8, 4) is 0 Å². The zero-order chi connectivity index (χ0) is 14.2. The van der Waals surface area contributed by atoms with Crippen LogP contribution in [0.4, 0.5) is 0 Å². The first-order chi connectivity index (χ1) is 8.82. The minimum Gasteiger partial charge on any atom is -0.352 e. The Morgan fingerprint density at radius 3 is 2.74 bits per heavy atom. The smallest absolute Gasteiger partial charge is 0.280 e. The van der Waals surface area contributed by atoms with E-state index in [0.29, 0.717) is 12.2 Å². The number of carbonyl (C=O) groups excluding carboxylic acids is 1. The number of amides is 1. The number of aromatic nitrogens is 2. The van der Waals surface area contributed by atoms with Crippen LogP contribution in [0.25, 0.3) is 0 Å². The maximum absolute atomic E-state index is 12.0. The Hall–Kier alpha value is -1.08. The Balaban J connectivity index is 2.26. The summed E-state index contributed by atoms with van der Waals surface area (Å²) in [6, 6.07) is -0.241. The molecule has 106 valence electrons. The molecule has 1 aliphatic rings. The molecule has 1 unspecified atom stereocenters. The van der Waals surface area contributed by atoms with E-state index < -0.39 is 15.1 Å². The molecule has 1 heterocycles. The van der Waals surface area contributed by atoms with Crippen molar-refractivity contribution in [2.24, 2.45) is 0 Å². The number of hydrogen-bond donors (Lipinski definition) is 1. The second-order valence-corrected chi connectivity index (χ2v) is 7.17. The van der Waals surface area contributed by atoms with Gasteiger partial charge in [0.1, 0.15) is 11.9 Å². The fraction of sp³-hybridized carbons (Fsp3) is 0.636. The molecule has 0 spiro atoms. The monoisotopic (exact) mass is 305 g/mol. The average molecular weight is 306 g/mol. The molecule has 1 aromatic rings. The maximum atomic E-state index is 12.0. The Morgan fingerprint density at radius 1 is 1.63 bits per heavy atom. The van der Waals surface area contributed by atoms with Crippen LogP contribution in [-0.2, 0) is 20.3 Å². The zero-order valence-corrected chi connectivity index (χ0v) is 12.3. The minimum absolute atomic E-state index is 0.131. The third-order valence-corrected chi connectivity index (χ3v) is 4.24. The van der Waals surface area contributed by atoms with Crippen LogP contribution >= 0.6 is 10.7 Å². The second-order valence-electron chi connectivity index (χ2n) is 4.65. The number of aryl methyl sites for hydroxylation is 1. The van der Waals surface area contributed by atoms with E-state index in [9.17, 15) is 13.2 Å². The standard InChI is InChI=1S/C11H16ClN3O3S/c1-3-9-14-10(19(12,17)18)6-15(9)7(2)11(16)13-8-4-5-8/h6-8H,3-5H2,1-2H3,(H,13,16). The molecule has 6 nitrogen and oxygen atoms in total. The highest BCUT2D eigenvalue weighted by atomic mass is 35.7. The van der Waals surface area contributed by atoms with E-state index in [1.807, 2.05) is 6.92 Å². The lowest BCUT2D eigenvalue weighted by Crippen LogP contribution is -2.32. The van der Waals surface area contributed by atoms with Crippen molar-refractivity contribution >= 4 is 25.6 Å². The molecule has 0 aromatic carbocycles. The lowest BCUT2D eigenvalue weighted by Gasteiger charge is -2.15. The van der Waals surface area contributed by atoms with Gasteiger partial charge in [-0.25, -0.2) is 13.4 Å². The normalized spacial score (nSPS) is 17.2. The van der Waals surface area contributed by atoms with Gasteiger partial charge in [-0.1, -0.05) is 6.92 Å². The summed E-state index contributed by atoms with van der Waals surface area (Å²) < 4.78 is 24.1. The van der Waals surface area contributed by atoms with E-state index in [1.165, 1.54) is 6.20 Å². The number of nitrogens with zero attached hydrogens (tertiary/aromatic N) is 2. The molecule has 8 heteroatoms. The first-order valence-corrected chi connectivity index (χ1v) is 8.46. The molecule has 1 N–H and O–H groups in total. The van der Waals surface area contributed by atoms with Crippen LogP contribution in [0.3, 0.4) is 0 Å². The summed E-state index contributed by atoms with van der Waals surface area (Å²) in [6.07, 6.45) is 3.85. The zero-order valence-electron chi connectivity index (χ0n) is 10.8. The van der Waals surface area contributed by atoms with E-state index in [2.05, 4.69) is 10.3 Å². The molecule has 1 aromatic heterocycles. The van der Waals surface area contributed by atoms with Crippen molar-refractivity contribution in [3.63, 3.8) is 0 Å².